The van der Waals surface area contributed by atoms with Gasteiger partial charge in [0.15, 0.2) is 11.6 Å². The third kappa shape index (κ3) is 3.66. The topological polar surface area (TPSA) is 76.3 Å². The Morgan fingerprint density at radius 3 is 2.53 bits per heavy atom. The molecule has 0 saturated carbocycles. The van der Waals surface area contributed by atoms with Crippen LogP contribution in [0.5, 0.6) is 0 Å². The van der Waals surface area contributed by atoms with E-state index in [1.807, 2.05) is 18.3 Å². The fraction of sp³-hybridized carbons (Fsp3) is 0.136. The monoisotopic (exact) mass is 496 g/mol. The summed E-state index contributed by atoms with van der Waals surface area (Å²) in [6, 6.07) is 5.26. The second kappa shape index (κ2) is 8.19. The molecule has 4 heterocycles. The molecule has 0 atom stereocenters. The van der Waals surface area contributed by atoms with Gasteiger partial charge in [-0.3, -0.25) is 4.79 Å². The summed E-state index contributed by atoms with van der Waals surface area (Å²) in [5.41, 5.74) is 1.25. The van der Waals surface area contributed by atoms with Gasteiger partial charge in [0.1, 0.15) is 23.5 Å². The zero-order valence-corrected chi connectivity index (χ0v) is 18.1. The van der Waals surface area contributed by atoms with Gasteiger partial charge in [-0.1, -0.05) is 12.1 Å². The Bertz CT molecular complexity index is 1350. The van der Waals surface area contributed by atoms with Crippen LogP contribution < -0.4 is 4.90 Å². The molecule has 160 valence electrons. The maximum Gasteiger partial charge on any atom is 0.202 e. The summed E-state index contributed by atoms with van der Waals surface area (Å²) >= 11 is 3.46. The molecular formula is C22H15BrF2N6O. The lowest BCUT2D eigenvalue weighted by atomic mass is 10.0. The zero-order valence-electron chi connectivity index (χ0n) is 16.5. The summed E-state index contributed by atoms with van der Waals surface area (Å²) in [7, 11) is 0. The molecule has 4 aromatic rings. The largest absolute Gasteiger partial charge is 0.351 e. The van der Waals surface area contributed by atoms with E-state index in [9.17, 15) is 13.6 Å². The molecular weight excluding hydrogens is 482 g/mol. The molecule has 1 aromatic carbocycles. The van der Waals surface area contributed by atoms with Gasteiger partial charge in [-0.15, -0.1) is 0 Å². The number of ketones is 1. The summed E-state index contributed by atoms with van der Waals surface area (Å²) in [5, 5.41) is 4.21. The molecule has 0 unspecified atom stereocenters. The molecule has 1 aliphatic rings. The fourth-order valence-corrected chi connectivity index (χ4v) is 4.07. The summed E-state index contributed by atoms with van der Waals surface area (Å²) in [4.78, 5) is 27.6. The van der Waals surface area contributed by atoms with Crippen molar-refractivity contribution in [3.63, 3.8) is 0 Å². The molecule has 0 fully saturated rings. The van der Waals surface area contributed by atoms with Crippen LogP contribution in [0.1, 0.15) is 28.2 Å². The lowest BCUT2D eigenvalue weighted by molar-refractivity contribution is 0.103. The Morgan fingerprint density at radius 1 is 1.09 bits per heavy atom. The fourth-order valence-electron chi connectivity index (χ4n) is 3.66. The smallest absolute Gasteiger partial charge is 0.202 e. The van der Waals surface area contributed by atoms with Gasteiger partial charge in [-0.25, -0.2) is 28.2 Å². The van der Waals surface area contributed by atoms with Gasteiger partial charge < -0.3 is 4.90 Å². The third-order valence-electron chi connectivity index (χ3n) is 5.25. The highest BCUT2D eigenvalue weighted by molar-refractivity contribution is 9.10. The van der Waals surface area contributed by atoms with Crippen molar-refractivity contribution in [2.24, 2.45) is 0 Å². The van der Waals surface area contributed by atoms with Crippen molar-refractivity contribution >= 4 is 38.6 Å². The molecule has 1 aliphatic heterocycles. The molecule has 0 amide bonds. The second-order valence-electron chi connectivity index (χ2n) is 7.22. The second-order valence-corrected chi connectivity index (χ2v) is 8.13. The number of carbonyl (C=O) groups is 1. The van der Waals surface area contributed by atoms with E-state index in [0.29, 0.717) is 25.3 Å². The highest BCUT2D eigenvalue weighted by Crippen LogP contribution is 2.27. The predicted octanol–water partition coefficient (Wildman–Crippen LogP) is 4.08. The molecule has 10 heteroatoms. The number of fused-ring (bicyclic) bond motifs is 1. The first-order valence-electron chi connectivity index (χ1n) is 9.75. The van der Waals surface area contributed by atoms with Gasteiger partial charge in [0.2, 0.25) is 5.78 Å². The molecule has 0 bridgehead atoms. The molecule has 32 heavy (non-hydrogen) atoms. The van der Waals surface area contributed by atoms with Crippen molar-refractivity contribution in [2.75, 3.05) is 18.0 Å². The van der Waals surface area contributed by atoms with Crippen molar-refractivity contribution in [3.8, 4) is 0 Å². The van der Waals surface area contributed by atoms with Crippen LogP contribution in [0.4, 0.5) is 14.6 Å². The van der Waals surface area contributed by atoms with Gasteiger partial charge >= 0.3 is 0 Å². The first-order chi connectivity index (χ1) is 15.5. The van der Waals surface area contributed by atoms with Crippen LogP contribution in [0.3, 0.4) is 0 Å². The van der Waals surface area contributed by atoms with E-state index < -0.39 is 23.0 Å². The van der Waals surface area contributed by atoms with Crippen LogP contribution >= 0.6 is 15.9 Å². The molecule has 0 spiro atoms. The molecule has 0 radical (unpaired) electrons. The number of carbonyl (C=O) groups excluding carboxylic acids is 1. The number of aromatic nitrogens is 5. The summed E-state index contributed by atoms with van der Waals surface area (Å²) in [6.07, 6.45) is 8.67. The van der Waals surface area contributed by atoms with Gasteiger partial charge in [-0.05, 0) is 46.1 Å². The highest BCUT2D eigenvalue weighted by Gasteiger charge is 2.21. The Labute approximate surface area is 189 Å². The summed E-state index contributed by atoms with van der Waals surface area (Å²) in [5.74, 6) is -1.31. The highest BCUT2D eigenvalue weighted by atomic mass is 79.9. The van der Waals surface area contributed by atoms with E-state index >= 15 is 0 Å². The average Bonchev–Trinajstić information content (AvgIpc) is 3.19. The van der Waals surface area contributed by atoms with Crippen molar-refractivity contribution in [2.45, 2.75) is 6.42 Å². The summed E-state index contributed by atoms with van der Waals surface area (Å²) in [6.45, 7) is 1.31. The minimum Gasteiger partial charge on any atom is -0.351 e. The molecule has 5 rings (SSSR count). The van der Waals surface area contributed by atoms with Gasteiger partial charge in [-0.2, -0.15) is 5.10 Å². The SMILES string of the molecule is O=C(c1cnc(C2=CCN(c3ncnn4cc(Br)cc34)CC2)nc1)c1c(F)cccc1F. The molecule has 0 saturated heterocycles. The van der Waals surface area contributed by atoms with E-state index in [4.69, 9.17) is 0 Å². The van der Waals surface area contributed by atoms with E-state index in [-0.39, 0.29) is 5.56 Å². The molecule has 0 N–H and O–H groups in total. The van der Waals surface area contributed by atoms with Crippen LogP contribution in [-0.2, 0) is 0 Å². The van der Waals surface area contributed by atoms with E-state index in [0.717, 1.165) is 33.5 Å². The number of hydrogen-bond donors (Lipinski definition) is 0. The van der Waals surface area contributed by atoms with Crippen LogP contribution in [0, 0.1) is 11.6 Å². The van der Waals surface area contributed by atoms with E-state index in [2.05, 4.69) is 40.9 Å². The van der Waals surface area contributed by atoms with Crippen molar-refractivity contribution in [1.82, 2.24) is 24.6 Å². The normalized spacial score (nSPS) is 14.0. The number of rotatable bonds is 4. The van der Waals surface area contributed by atoms with Crippen LogP contribution in [0.15, 0.2) is 59.7 Å². The van der Waals surface area contributed by atoms with Crippen molar-refractivity contribution < 1.29 is 13.6 Å². The van der Waals surface area contributed by atoms with E-state index in [1.54, 1.807) is 4.52 Å². The van der Waals surface area contributed by atoms with Gasteiger partial charge in [0.05, 0.1) is 11.1 Å². The maximum atomic E-state index is 13.9. The first kappa shape index (κ1) is 20.4. The quantitative estimate of drug-likeness (QED) is 0.396. The molecule has 3 aromatic heterocycles. The van der Waals surface area contributed by atoms with Crippen molar-refractivity contribution in [1.29, 1.82) is 0 Å². The minimum absolute atomic E-state index is 0.0259. The predicted molar refractivity (Wildman–Crippen MR) is 117 cm³/mol. The van der Waals surface area contributed by atoms with Gasteiger partial charge in [0.25, 0.3) is 0 Å². The van der Waals surface area contributed by atoms with Crippen LogP contribution in [0.2, 0.25) is 0 Å². The Hall–Kier alpha value is -3.53. The summed E-state index contributed by atoms with van der Waals surface area (Å²) < 4.78 is 30.5. The Morgan fingerprint density at radius 2 is 1.84 bits per heavy atom. The molecule has 0 aliphatic carbocycles. The zero-order chi connectivity index (χ0) is 22.2. The Kier molecular flexibility index (Phi) is 5.22. The average molecular weight is 497 g/mol. The number of nitrogens with zero attached hydrogens (tertiary/aromatic N) is 6. The number of anilines is 1. The minimum atomic E-state index is -0.914. The van der Waals surface area contributed by atoms with Crippen molar-refractivity contribution in [3.05, 3.63) is 88.3 Å². The van der Waals surface area contributed by atoms with Crippen LogP contribution in [-0.4, -0.2) is 43.4 Å². The van der Waals surface area contributed by atoms with Crippen LogP contribution in [0.25, 0.3) is 11.1 Å². The third-order valence-corrected chi connectivity index (χ3v) is 5.69. The number of benzene rings is 1. The molecule has 7 nitrogen and oxygen atoms in total. The standard InChI is InChI=1S/C22H15BrF2N6O/c23-15-8-18-22(28-12-29-31(18)11-15)30-6-4-13(5-7-30)21-26-9-14(10-27-21)20(32)19-16(24)2-1-3-17(19)25/h1-4,8-12H,5-7H2. The van der Waals surface area contributed by atoms with Gasteiger partial charge in [0, 0.05) is 36.2 Å². The first-order valence-corrected chi connectivity index (χ1v) is 10.5. The lowest BCUT2D eigenvalue weighted by Crippen LogP contribution is -2.29. The van der Waals surface area contributed by atoms with E-state index in [1.165, 1.54) is 24.8 Å². The number of hydrogen-bond acceptors (Lipinski definition) is 6. The number of halogens is 3. The maximum absolute atomic E-state index is 13.9. The lowest BCUT2D eigenvalue weighted by Gasteiger charge is -2.27. The Balaban J connectivity index is 1.35.